The Labute approximate surface area is 256 Å². The lowest BCUT2D eigenvalue weighted by Crippen LogP contribution is -2.48. The van der Waals surface area contributed by atoms with E-state index < -0.39 is 23.8 Å². The number of aliphatic hydroxyl groups excluding tert-OH is 1. The number of ether oxygens (including phenoxy) is 2. The zero-order valence-electron chi connectivity index (χ0n) is 26.2. The summed E-state index contributed by atoms with van der Waals surface area (Å²) in [6.07, 6.45) is 5.16. The number of aromatic nitrogens is 1. The average Bonchev–Trinajstić information content (AvgIpc) is 3.64. The van der Waals surface area contributed by atoms with Gasteiger partial charge >= 0.3 is 6.09 Å². The standard InChI is InChI=1S/C33H52ClN3O5/c1-20(2)27(26(8-7-15-41-6)25-12-11-24-13-14-35-29(24)16-25)17-30(37-33(40)42-22(5)34)31(38)18-28(21(3)4)32(39)36-19-23-9-10-23/h11-14,16,20-23,26-28,30-31,35,38H,7-10,15,17-19H2,1-6H3,(H,36,39)(H,37,40)/t22?,26?,27?,28-,30-,31-/m0/s1. The van der Waals surface area contributed by atoms with Crippen LogP contribution in [0.2, 0.25) is 0 Å². The number of fused-ring (bicyclic) bond motifs is 1. The number of methoxy groups -OCH3 is 1. The number of H-pyrrole nitrogens is 1. The molecule has 1 saturated carbocycles. The molecule has 6 atom stereocenters. The van der Waals surface area contributed by atoms with Crippen molar-refractivity contribution in [2.24, 2.45) is 29.6 Å². The number of rotatable bonds is 18. The Morgan fingerprint density at radius 2 is 1.83 bits per heavy atom. The fraction of sp³-hybridized carbons (Fsp3) is 0.697. The van der Waals surface area contributed by atoms with Crippen molar-refractivity contribution in [2.75, 3.05) is 20.3 Å². The van der Waals surface area contributed by atoms with E-state index in [2.05, 4.69) is 53.7 Å². The fourth-order valence-electron chi connectivity index (χ4n) is 6.02. The highest BCUT2D eigenvalue weighted by Gasteiger charge is 2.36. The maximum Gasteiger partial charge on any atom is 0.408 e. The quantitative estimate of drug-likeness (QED) is 0.113. The fourth-order valence-corrected chi connectivity index (χ4v) is 6.10. The number of nitrogens with one attached hydrogen (secondary N) is 3. The predicted molar refractivity (Wildman–Crippen MR) is 168 cm³/mol. The molecular formula is C33H52ClN3O5. The van der Waals surface area contributed by atoms with E-state index in [9.17, 15) is 14.7 Å². The summed E-state index contributed by atoms with van der Waals surface area (Å²) in [4.78, 5) is 29.3. The number of carbonyl (C=O) groups is 2. The third kappa shape index (κ3) is 10.5. The van der Waals surface area contributed by atoms with E-state index in [-0.39, 0.29) is 41.9 Å². The van der Waals surface area contributed by atoms with Crippen molar-refractivity contribution in [3.8, 4) is 0 Å². The van der Waals surface area contributed by atoms with Gasteiger partial charge in [0.1, 0.15) is 0 Å². The molecular weight excluding hydrogens is 554 g/mol. The van der Waals surface area contributed by atoms with Crippen LogP contribution in [-0.2, 0) is 14.3 Å². The summed E-state index contributed by atoms with van der Waals surface area (Å²) in [6, 6.07) is 7.97. The molecule has 1 heterocycles. The molecule has 0 radical (unpaired) electrons. The minimum absolute atomic E-state index is 0.0320. The molecule has 1 aromatic heterocycles. The van der Waals surface area contributed by atoms with E-state index in [1.165, 1.54) is 5.56 Å². The van der Waals surface area contributed by atoms with E-state index in [1.807, 2.05) is 20.0 Å². The first-order valence-electron chi connectivity index (χ1n) is 15.6. The molecule has 0 aliphatic heterocycles. The Bertz CT molecular complexity index is 1120. The van der Waals surface area contributed by atoms with Crippen molar-refractivity contribution in [3.63, 3.8) is 0 Å². The Morgan fingerprint density at radius 1 is 1.10 bits per heavy atom. The summed E-state index contributed by atoms with van der Waals surface area (Å²) in [6.45, 7) is 11.3. The summed E-state index contributed by atoms with van der Waals surface area (Å²) in [5, 5.41) is 18.8. The van der Waals surface area contributed by atoms with Crippen LogP contribution in [0.4, 0.5) is 4.79 Å². The molecule has 1 aliphatic rings. The highest BCUT2D eigenvalue weighted by Crippen LogP contribution is 2.39. The lowest BCUT2D eigenvalue weighted by atomic mass is 9.72. The van der Waals surface area contributed by atoms with Gasteiger partial charge in [-0.3, -0.25) is 4.79 Å². The van der Waals surface area contributed by atoms with Crippen molar-refractivity contribution in [1.82, 2.24) is 15.6 Å². The summed E-state index contributed by atoms with van der Waals surface area (Å²) < 4.78 is 10.6. The van der Waals surface area contributed by atoms with Crippen LogP contribution in [0, 0.1) is 29.6 Å². The molecule has 2 amide bonds. The minimum Gasteiger partial charge on any atom is -0.430 e. The minimum atomic E-state index is -0.950. The van der Waals surface area contributed by atoms with E-state index in [4.69, 9.17) is 21.1 Å². The first-order chi connectivity index (χ1) is 20.0. The van der Waals surface area contributed by atoms with Gasteiger partial charge in [-0.1, -0.05) is 51.4 Å². The van der Waals surface area contributed by atoms with Gasteiger partial charge in [-0.05, 0) is 98.1 Å². The highest BCUT2D eigenvalue weighted by atomic mass is 35.5. The first-order valence-corrected chi connectivity index (χ1v) is 16.1. The monoisotopic (exact) mass is 605 g/mol. The van der Waals surface area contributed by atoms with Gasteiger partial charge in [0.2, 0.25) is 5.91 Å². The number of aromatic amines is 1. The summed E-state index contributed by atoms with van der Waals surface area (Å²) >= 11 is 5.95. The van der Waals surface area contributed by atoms with Crippen LogP contribution in [0.5, 0.6) is 0 Å². The van der Waals surface area contributed by atoms with Crippen molar-refractivity contribution in [1.29, 1.82) is 0 Å². The molecule has 9 heteroatoms. The van der Waals surface area contributed by atoms with Crippen LogP contribution >= 0.6 is 11.6 Å². The molecule has 42 heavy (non-hydrogen) atoms. The van der Waals surface area contributed by atoms with Gasteiger partial charge in [0.05, 0.1) is 12.1 Å². The Balaban J connectivity index is 1.88. The van der Waals surface area contributed by atoms with Gasteiger partial charge in [-0.15, -0.1) is 0 Å². The number of carbonyl (C=O) groups excluding carboxylic acids is 2. The highest BCUT2D eigenvalue weighted by molar-refractivity contribution is 6.19. The number of aliphatic hydroxyl groups is 1. The first kappa shape index (κ1) is 34.2. The molecule has 0 saturated heterocycles. The Morgan fingerprint density at radius 3 is 2.45 bits per heavy atom. The molecule has 1 fully saturated rings. The molecule has 2 aromatic rings. The molecule has 1 aromatic carbocycles. The number of alkyl halides is 1. The molecule has 4 N–H and O–H groups in total. The summed E-state index contributed by atoms with van der Waals surface area (Å²) in [5.74, 6) is 0.711. The second kappa shape index (κ2) is 16.5. The lowest BCUT2D eigenvalue weighted by Gasteiger charge is -2.36. The maximum absolute atomic E-state index is 13.1. The topological polar surface area (TPSA) is 113 Å². The SMILES string of the molecule is COCCCC(c1ccc2cc[nH]c2c1)C(C[C@H](NC(=O)OC(C)Cl)[C@@H](O)C[C@H](C(=O)NCC1CC1)C(C)C)C(C)C. The number of hydrogen-bond acceptors (Lipinski definition) is 5. The van der Waals surface area contributed by atoms with E-state index in [0.717, 1.165) is 36.6 Å². The zero-order chi connectivity index (χ0) is 30.8. The van der Waals surface area contributed by atoms with E-state index in [0.29, 0.717) is 25.5 Å². The van der Waals surface area contributed by atoms with Crippen molar-refractivity contribution in [3.05, 3.63) is 36.0 Å². The van der Waals surface area contributed by atoms with Gasteiger partial charge in [-0.25, -0.2) is 4.79 Å². The second-order valence-electron chi connectivity index (χ2n) is 12.8. The molecule has 0 bridgehead atoms. The third-order valence-electron chi connectivity index (χ3n) is 8.71. The predicted octanol–water partition coefficient (Wildman–Crippen LogP) is 6.57. The van der Waals surface area contributed by atoms with Crippen LogP contribution in [0.25, 0.3) is 10.9 Å². The second-order valence-corrected chi connectivity index (χ2v) is 13.4. The number of amides is 2. The molecule has 0 spiro atoms. The Hall–Kier alpha value is -2.29. The molecule has 1 aliphatic carbocycles. The molecule has 236 valence electrons. The summed E-state index contributed by atoms with van der Waals surface area (Å²) in [7, 11) is 1.71. The maximum atomic E-state index is 13.1. The van der Waals surface area contributed by atoms with E-state index >= 15 is 0 Å². The molecule has 3 unspecified atom stereocenters. The third-order valence-corrected chi connectivity index (χ3v) is 8.80. The Kier molecular flexibility index (Phi) is 13.5. The van der Waals surface area contributed by atoms with Crippen LogP contribution < -0.4 is 10.6 Å². The van der Waals surface area contributed by atoms with Crippen molar-refractivity contribution in [2.45, 2.75) is 96.8 Å². The van der Waals surface area contributed by atoms with Crippen molar-refractivity contribution < 1.29 is 24.2 Å². The van der Waals surface area contributed by atoms with Gasteiger partial charge < -0.3 is 30.2 Å². The number of hydrogen-bond donors (Lipinski definition) is 4. The van der Waals surface area contributed by atoms with Gasteiger partial charge in [-0.2, -0.15) is 0 Å². The van der Waals surface area contributed by atoms with Crippen LogP contribution in [0.15, 0.2) is 30.5 Å². The van der Waals surface area contributed by atoms with Gasteiger partial charge in [0.15, 0.2) is 5.56 Å². The van der Waals surface area contributed by atoms with Crippen LogP contribution in [0.1, 0.15) is 84.6 Å². The smallest absolute Gasteiger partial charge is 0.408 e. The van der Waals surface area contributed by atoms with Crippen LogP contribution in [-0.4, -0.2) is 60.1 Å². The van der Waals surface area contributed by atoms with E-state index in [1.54, 1.807) is 14.0 Å². The van der Waals surface area contributed by atoms with Crippen LogP contribution in [0.3, 0.4) is 0 Å². The largest absolute Gasteiger partial charge is 0.430 e. The zero-order valence-corrected chi connectivity index (χ0v) is 27.0. The van der Waals surface area contributed by atoms with Gasteiger partial charge in [0.25, 0.3) is 0 Å². The number of halogens is 1. The molecule has 3 rings (SSSR count). The normalized spacial score (nSPS) is 18.0. The number of alkyl carbamates (subject to hydrolysis) is 1. The molecule has 8 nitrogen and oxygen atoms in total. The van der Waals surface area contributed by atoms with Crippen molar-refractivity contribution >= 4 is 34.5 Å². The summed E-state index contributed by atoms with van der Waals surface area (Å²) in [5.41, 5.74) is 1.48. The van der Waals surface area contributed by atoms with Gasteiger partial charge in [0, 0.05) is 37.9 Å². The number of benzene rings is 1. The lowest BCUT2D eigenvalue weighted by molar-refractivity contribution is -0.127. The average molecular weight is 606 g/mol.